The molecule has 1 aromatic heterocycles. The lowest BCUT2D eigenvalue weighted by molar-refractivity contribution is 0.101. The van der Waals surface area contributed by atoms with Gasteiger partial charge in [0.2, 0.25) is 0 Å². The Morgan fingerprint density at radius 2 is 1.76 bits per heavy atom. The summed E-state index contributed by atoms with van der Waals surface area (Å²) in [4.78, 5) is 15.3. The van der Waals surface area contributed by atoms with E-state index in [-0.39, 0.29) is 5.78 Å². The molecule has 2 nitrogen and oxygen atoms in total. The fraction of sp³-hybridized carbons (Fsp3) is 0.0769. The number of pyridine rings is 1. The van der Waals surface area contributed by atoms with E-state index in [1.54, 1.807) is 36.5 Å². The van der Waals surface area contributed by atoms with Crippen LogP contribution in [-0.2, 0) is 0 Å². The molecule has 0 N–H and O–H groups in total. The largest absolute Gasteiger partial charge is 0.294 e. The summed E-state index contributed by atoms with van der Waals surface area (Å²) in [6, 6.07) is 8.74. The van der Waals surface area contributed by atoms with E-state index in [1.165, 1.54) is 6.92 Å². The molecule has 1 aromatic carbocycles. The molecule has 86 valence electrons. The number of Topliss-reactive ketones (excluding diaryl/α,β-unsaturated/α-hetero) is 1. The van der Waals surface area contributed by atoms with Gasteiger partial charge < -0.3 is 0 Å². The van der Waals surface area contributed by atoms with E-state index in [1.807, 2.05) is 0 Å². The molecule has 0 aliphatic carbocycles. The topological polar surface area (TPSA) is 30.0 Å². The normalized spacial score (nSPS) is 10.3. The molecule has 0 unspecified atom stereocenters. The van der Waals surface area contributed by atoms with Crippen LogP contribution in [0.5, 0.6) is 0 Å². The van der Waals surface area contributed by atoms with Crippen molar-refractivity contribution < 1.29 is 4.79 Å². The van der Waals surface area contributed by atoms with Crippen molar-refractivity contribution in [2.24, 2.45) is 0 Å². The van der Waals surface area contributed by atoms with Crippen molar-refractivity contribution in [3.8, 4) is 11.3 Å². The maximum atomic E-state index is 11.1. The standard InChI is InChI=1S/C13H9Cl2NO/c1-8(17)9-2-3-13(16-7-9)10-4-11(14)6-12(15)5-10/h2-7H,1H3. The van der Waals surface area contributed by atoms with Gasteiger partial charge in [-0.25, -0.2) is 0 Å². The Bertz CT molecular complexity index is 544. The maximum Gasteiger partial charge on any atom is 0.161 e. The number of benzene rings is 1. The first-order valence-electron chi connectivity index (χ1n) is 5.00. The molecule has 0 saturated carbocycles. The Morgan fingerprint density at radius 3 is 2.24 bits per heavy atom. The zero-order chi connectivity index (χ0) is 12.4. The molecular weight excluding hydrogens is 257 g/mol. The average molecular weight is 266 g/mol. The molecule has 0 spiro atoms. The summed E-state index contributed by atoms with van der Waals surface area (Å²) in [6.45, 7) is 1.51. The first kappa shape index (κ1) is 12.1. The number of carbonyl (C=O) groups is 1. The number of hydrogen-bond donors (Lipinski definition) is 0. The fourth-order valence-electron chi connectivity index (χ4n) is 1.47. The van der Waals surface area contributed by atoms with Gasteiger partial charge in [-0.2, -0.15) is 0 Å². The number of nitrogens with zero attached hydrogens (tertiary/aromatic N) is 1. The van der Waals surface area contributed by atoms with E-state index in [4.69, 9.17) is 23.2 Å². The third-order valence-electron chi connectivity index (χ3n) is 2.33. The second-order valence-electron chi connectivity index (χ2n) is 3.65. The lowest BCUT2D eigenvalue weighted by Crippen LogP contribution is -1.93. The highest BCUT2D eigenvalue weighted by molar-refractivity contribution is 6.35. The highest BCUT2D eigenvalue weighted by Crippen LogP contribution is 2.25. The van der Waals surface area contributed by atoms with Crippen LogP contribution >= 0.6 is 23.2 Å². The minimum Gasteiger partial charge on any atom is -0.294 e. The van der Waals surface area contributed by atoms with E-state index in [0.29, 0.717) is 15.6 Å². The van der Waals surface area contributed by atoms with Crippen LogP contribution in [0.4, 0.5) is 0 Å². The molecule has 0 amide bonds. The van der Waals surface area contributed by atoms with Crippen molar-refractivity contribution in [3.63, 3.8) is 0 Å². The number of aromatic nitrogens is 1. The van der Waals surface area contributed by atoms with Crippen molar-refractivity contribution >= 4 is 29.0 Å². The average Bonchev–Trinajstić information content (AvgIpc) is 2.28. The van der Waals surface area contributed by atoms with Gasteiger partial charge in [0.15, 0.2) is 5.78 Å². The van der Waals surface area contributed by atoms with E-state index < -0.39 is 0 Å². The Kier molecular flexibility index (Phi) is 3.46. The maximum absolute atomic E-state index is 11.1. The lowest BCUT2D eigenvalue weighted by Gasteiger charge is -2.03. The Hall–Kier alpha value is -1.38. The summed E-state index contributed by atoms with van der Waals surface area (Å²) in [5, 5.41) is 1.12. The third-order valence-corrected chi connectivity index (χ3v) is 2.76. The van der Waals surface area contributed by atoms with Crippen molar-refractivity contribution in [1.82, 2.24) is 4.98 Å². The summed E-state index contributed by atoms with van der Waals surface area (Å²) in [5.41, 5.74) is 2.15. The highest BCUT2D eigenvalue weighted by Gasteiger charge is 2.04. The first-order chi connectivity index (χ1) is 8.06. The fourth-order valence-corrected chi connectivity index (χ4v) is 2.00. The quantitative estimate of drug-likeness (QED) is 0.760. The second kappa shape index (κ2) is 4.86. The van der Waals surface area contributed by atoms with E-state index >= 15 is 0 Å². The number of rotatable bonds is 2. The van der Waals surface area contributed by atoms with Gasteiger partial charge in [0.1, 0.15) is 0 Å². The molecular formula is C13H9Cl2NO. The molecule has 4 heteroatoms. The zero-order valence-corrected chi connectivity index (χ0v) is 10.6. The molecule has 0 aliphatic rings. The summed E-state index contributed by atoms with van der Waals surface area (Å²) in [5.74, 6) is -0.00632. The summed E-state index contributed by atoms with van der Waals surface area (Å²) >= 11 is 11.8. The molecule has 2 rings (SSSR count). The molecule has 0 fully saturated rings. The minimum absolute atomic E-state index is 0.00632. The van der Waals surface area contributed by atoms with Crippen LogP contribution in [0.2, 0.25) is 10.0 Å². The van der Waals surface area contributed by atoms with Crippen LogP contribution < -0.4 is 0 Å². The first-order valence-corrected chi connectivity index (χ1v) is 5.75. The van der Waals surface area contributed by atoms with Gasteiger partial charge in [-0.05, 0) is 37.3 Å². The van der Waals surface area contributed by atoms with Gasteiger partial charge in [-0.1, -0.05) is 23.2 Å². The Balaban J connectivity index is 2.43. The van der Waals surface area contributed by atoms with E-state index in [0.717, 1.165) is 11.3 Å². The smallest absolute Gasteiger partial charge is 0.161 e. The van der Waals surface area contributed by atoms with Crippen molar-refractivity contribution in [2.45, 2.75) is 6.92 Å². The van der Waals surface area contributed by atoms with Crippen molar-refractivity contribution in [1.29, 1.82) is 0 Å². The molecule has 0 aliphatic heterocycles. The second-order valence-corrected chi connectivity index (χ2v) is 4.52. The predicted molar refractivity (Wildman–Crippen MR) is 69.7 cm³/mol. The molecule has 0 saturated heterocycles. The lowest BCUT2D eigenvalue weighted by atomic mass is 10.1. The molecule has 17 heavy (non-hydrogen) atoms. The van der Waals surface area contributed by atoms with Crippen LogP contribution in [0.1, 0.15) is 17.3 Å². The van der Waals surface area contributed by atoms with Gasteiger partial charge >= 0.3 is 0 Å². The SMILES string of the molecule is CC(=O)c1ccc(-c2cc(Cl)cc(Cl)c2)nc1. The predicted octanol–water partition coefficient (Wildman–Crippen LogP) is 4.26. The van der Waals surface area contributed by atoms with Crippen LogP contribution in [0.25, 0.3) is 11.3 Å². The number of carbonyl (C=O) groups excluding carboxylic acids is 1. The number of halogens is 2. The third kappa shape index (κ3) is 2.84. The number of hydrogen-bond acceptors (Lipinski definition) is 2. The van der Waals surface area contributed by atoms with Gasteiger partial charge in [-0.3, -0.25) is 9.78 Å². The molecule has 0 bridgehead atoms. The van der Waals surface area contributed by atoms with E-state index in [2.05, 4.69) is 4.98 Å². The van der Waals surface area contributed by atoms with Crippen LogP contribution in [0.3, 0.4) is 0 Å². The number of ketones is 1. The Labute approximate surface area is 109 Å². The monoisotopic (exact) mass is 265 g/mol. The molecule has 2 aromatic rings. The van der Waals surface area contributed by atoms with Gasteiger partial charge in [0.05, 0.1) is 5.69 Å². The zero-order valence-electron chi connectivity index (χ0n) is 9.08. The van der Waals surface area contributed by atoms with Crippen LogP contribution in [-0.4, -0.2) is 10.8 Å². The summed E-state index contributed by atoms with van der Waals surface area (Å²) in [7, 11) is 0. The minimum atomic E-state index is -0.00632. The van der Waals surface area contributed by atoms with Crippen LogP contribution in [0, 0.1) is 0 Å². The van der Waals surface area contributed by atoms with Crippen molar-refractivity contribution in [3.05, 3.63) is 52.1 Å². The molecule has 0 atom stereocenters. The molecule has 1 heterocycles. The highest BCUT2D eigenvalue weighted by atomic mass is 35.5. The van der Waals surface area contributed by atoms with Gasteiger partial charge in [0.25, 0.3) is 0 Å². The Morgan fingerprint density at radius 1 is 1.12 bits per heavy atom. The van der Waals surface area contributed by atoms with Crippen LogP contribution in [0.15, 0.2) is 36.5 Å². The summed E-state index contributed by atoms with van der Waals surface area (Å²) in [6.07, 6.45) is 1.55. The van der Waals surface area contributed by atoms with Gasteiger partial charge in [-0.15, -0.1) is 0 Å². The van der Waals surface area contributed by atoms with E-state index in [9.17, 15) is 4.79 Å². The molecule has 0 radical (unpaired) electrons. The van der Waals surface area contributed by atoms with Gasteiger partial charge in [0, 0.05) is 27.4 Å². The van der Waals surface area contributed by atoms with Crippen molar-refractivity contribution in [2.75, 3.05) is 0 Å². The summed E-state index contributed by atoms with van der Waals surface area (Å²) < 4.78 is 0.